The predicted octanol–water partition coefficient (Wildman–Crippen LogP) is 4.89. The van der Waals surface area contributed by atoms with Crippen molar-refractivity contribution in [3.05, 3.63) is 30.6 Å². The van der Waals surface area contributed by atoms with Gasteiger partial charge < -0.3 is 4.57 Å². The van der Waals surface area contributed by atoms with E-state index in [1.807, 2.05) is 24.5 Å². The smallest absolute Gasteiger partial charge is 0.0958 e. The van der Waals surface area contributed by atoms with Crippen LogP contribution in [0.2, 0.25) is 0 Å². The molecule has 1 heterocycles. The average Bonchev–Trinajstić information content (AvgIpc) is 2.74. The van der Waals surface area contributed by atoms with Crippen LogP contribution in [-0.2, 0) is 6.54 Å². The summed E-state index contributed by atoms with van der Waals surface area (Å²) < 4.78 is 2.13. The van der Waals surface area contributed by atoms with Gasteiger partial charge in [-0.1, -0.05) is 52.7 Å². The highest BCUT2D eigenvalue weighted by Crippen LogP contribution is 2.10. The molecular formula is C15H26N2. The van der Waals surface area contributed by atoms with Crippen LogP contribution in [0.15, 0.2) is 30.6 Å². The van der Waals surface area contributed by atoms with Crippen LogP contribution in [-0.4, -0.2) is 9.55 Å². The maximum Gasteiger partial charge on any atom is 0.0958 e. The number of aryl methyl sites for hydroxylation is 1. The van der Waals surface area contributed by atoms with E-state index in [-0.39, 0.29) is 0 Å². The summed E-state index contributed by atoms with van der Waals surface area (Å²) in [5, 5.41) is 0. The molecule has 17 heavy (non-hydrogen) atoms. The molecule has 0 aliphatic carbocycles. The molecule has 0 bridgehead atoms. The molecule has 0 aliphatic heterocycles. The van der Waals surface area contributed by atoms with Gasteiger partial charge in [-0.2, -0.15) is 0 Å². The van der Waals surface area contributed by atoms with Crippen molar-refractivity contribution >= 4 is 11.0 Å². The van der Waals surface area contributed by atoms with E-state index in [2.05, 4.69) is 50.2 Å². The molecule has 0 aliphatic rings. The third kappa shape index (κ3) is 5.53. The highest BCUT2D eigenvalue weighted by molar-refractivity contribution is 5.74. The van der Waals surface area contributed by atoms with Crippen LogP contribution >= 0.6 is 0 Å². The van der Waals surface area contributed by atoms with Gasteiger partial charge in [-0.05, 0) is 19.1 Å². The second-order valence-electron chi connectivity index (χ2n) is 3.93. The minimum Gasteiger partial charge on any atom is -0.331 e. The first-order valence-electron chi connectivity index (χ1n) is 6.64. The average molecular weight is 234 g/mol. The van der Waals surface area contributed by atoms with Crippen LogP contribution in [0.1, 0.15) is 47.5 Å². The molecule has 0 spiro atoms. The number of fused-ring (bicyclic) bond motifs is 1. The largest absolute Gasteiger partial charge is 0.331 e. The third-order valence-electron chi connectivity index (χ3n) is 1.87. The number of aromatic nitrogens is 2. The minimum absolute atomic E-state index is 0.987. The van der Waals surface area contributed by atoms with Crippen LogP contribution < -0.4 is 0 Å². The van der Waals surface area contributed by atoms with E-state index in [0.717, 1.165) is 12.1 Å². The Bertz CT molecular complexity index is 388. The van der Waals surface area contributed by atoms with Crippen LogP contribution in [0.5, 0.6) is 0 Å². The predicted molar refractivity (Wildman–Crippen MR) is 77.3 cm³/mol. The number of nitrogens with zero attached hydrogens (tertiary/aromatic N) is 2. The lowest BCUT2D eigenvalue weighted by atomic mass is 10.3. The number of hydrogen-bond donors (Lipinski definition) is 0. The maximum atomic E-state index is 4.25. The van der Waals surface area contributed by atoms with Crippen molar-refractivity contribution in [2.45, 2.75) is 54.0 Å². The Morgan fingerprint density at radius 2 is 1.47 bits per heavy atom. The summed E-state index contributed by atoms with van der Waals surface area (Å²) in [6.07, 6.45) is 4.38. The van der Waals surface area contributed by atoms with Crippen LogP contribution in [0.25, 0.3) is 11.0 Å². The summed E-state index contributed by atoms with van der Waals surface area (Å²) in [5.74, 6) is 0. The van der Waals surface area contributed by atoms with E-state index in [1.54, 1.807) is 0 Å². The molecule has 0 amide bonds. The van der Waals surface area contributed by atoms with E-state index in [0.29, 0.717) is 0 Å². The van der Waals surface area contributed by atoms with Gasteiger partial charge in [0.1, 0.15) is 0 Å². The van der Waals surface area contributed by atoms with Gasteiger partial charge in [0.2, 0.25) is 0 Å². The molecule has 0 atom stereocenters. The van der Waals surface area contributed by atoms with E-state index >= 15 is 0 Å². The van der Waals surface area contributed by atoms with Crippen LogP contribution in [0, 0.1) is 0 Å². The molecule has 0 fully saturated rings. The first-order chi connectivity index (χ1) is 8.24. The van der Waals surface area contributed by atoms with Gasteiger partial charge in [0.25, 0.3) is 0 Å². The summed E-state index contributed by atoms with van der Waals surface area (Å²) in [5.41, 5.74) is 2.30. The topological polar surface area (TPSA) is 17.8 Å². The molecule has 0 saturated carbocycles. The van der Waals surface area contributed by atoms with Crippen molar-refractivity contribution in [2.24, 2.45) is 0 Å². The third-order valence-corrected chi connectivity index (χ3v) is 1.87. The Balaban J connectivity index is 0.000000366. The zero-order valence-corrected chi connectivity index (χ0v) is 11.9. The lowest BCUT2D eigenvalue weighted by Crippen LogP contribution is -1.89. The van der Waals surface area contributed by atoms with Crippen molar-refractivity contribution in [3.63, 3.8) is 0 Å². The van der Waals surface area contributed by atoms with Crippen molar-refractivity contribution in [1.29, 1.82) is 0 Å². The molecular weight excluding hydrogens is 208 g/mol. The van der Waals surface area contributed by atoms with Crippen molar-refractivity contribution in [2.75, 3.05) is 0 Å². The molecule has 0 unspecified atom stereocenters. The number of para-hydroxylation sites is 2. The Morgan fingerprint density at radius 1 is 0.941 bits per heavy atom. The standard InChI is InChI=1S/C9H10N2.2C3H8/c1-2-11-7-10-8-5-3-4-6-9(8)11;2*1-3-2/h3-7H,2H2,1H3;2*3H2,1-2H3. The molecule has 2 aromatic rings. The van der Waals surface area contributed by atoms with Crippen molar-refractivity contribution in [3.8, 4) is 0 Å². The van der Waals surface area contributed by atoms with E-state index in [4.69, 9.17) is 0 Å². The van der Waals surface area contributed by atoms with E-state index in [1.165, 1.54) is 18.4 Å². The number of benzene rings is 1. The fourth-order valence-corrected chi connectivity index (χ4v) is 1.26. The lowest BCUT2D eigenvalue weighted by molar-refractivity contribution is 0.787. The highest BCUT2D eigenvalue weighted by Gasteiger charge is 1.96. The fourth-order valence-electron chi connectivity index (χ4n) is 1.26. The zero-order chi connectivity index (χ0) is 13.1. The Hall–Kier alpha value is -1.31. The summed E-state index contributed by atoms with van der Waals surface area (Å²) in [7, 11) is 0. The van der Waals surface area contributed by atoms with E-state index in [9.17, 15) is 0 Å². The molecule has 0 radical (unpaired) electrons. The SMILES string of the molecule is CCC.CCC.CCn1cnc2ccccc21. The fraction of sp³-hybridized carbons (Fsp3) is 0.533. The summed E-state index contributed by atoms with van der Waals surface area (Å²) in [6, 6.07) is 8.17. The minimum atomic E-state index is 0.987. The van der Waals surface area contributed by atoms with Gasteiger partial charge in [-0.3, -0.25) is 0 Å². The molecule has 1 aromatic carbocycles. The zero-order valence-electron chi connectivity index (χ0n) is 11.9. The molecule has 2 rings (SSSR count). The molecule has 1 aromatic heterocycles. The van der Waals surface area contributed by atoms with Gasteiger partial charge in [0.05, 0.1) is 17.4 Å². The Labute approximate surface area is 106 Å². The number of imidazole rings is 1. The van der Waals surface area contributed by atoms with Gasteiger partial charge in [-0.25, -0.2) is 4.98 Å². The van der Waals surface area contributed by atoms with Gasteiger partial charge in [0, 0.05) is 6.54 Å². The Kier molecular flexibility index (Phi) is 9.12. The number of rotatable bonds is 1. The lowest BCUT2D eigenvalue weighted by Gasteiger charge is -1.95. The van der Waals surface area contributed by atoms with Crippen molar-refractivity contribution < 1.29 is 0 Å². The molecule has 96 valence electrons. The second kappa shape index (κ2) is 9.88. The van der Waals surface area contributed by atoms with Gasteiger partial charge in [-0.15, -0.1) is 0 Å². The summed E-state index contributed by atoms with van der Waals surface area (Å²) in [4.78, 5) is 4.25. The maximum absolute atomic E-state index is 4.25. The number of hydrogen-bond acceptors (Lipinski definition) is 1. The quantitative estimate of drug-likeness (QED) is 0.687. The van der Waals surface area contributed by atoms with Crippen LogP contribution in [0.3, 0.4) is 0 Å². The molecule has 2 nitrogen and oxygen atoms in total. The monoisotopic (exact) mass is 234 g/mol. The normalized spacial score (nSPS) is 9.00. The Morgan fingerprint density at radius 3 is 2.00 bits per heavy atom. The molecule has 0 N–H and O–H groups in total. The van der Waals surface area contributed by atoms with Gasteiger partial charge >= 0.3 is 0 Å². The molecule has 0 saturated heterocycles. The summed E-state index contributed by atoms with van der Waals surface area (Å²) >= 11 is 0. The summed E-state index contributed by atoms with van der Waals surface area (Å²) in [6.45, 7) is 11.6. The first kappa shape index (κ1) is 15.7. The van der Waals surface area contributed by atoms with Crippen molar-refractivity contribution in [1.82, 2.24) is 9.55 Å². The highest BCUT2D eigenvalue weighted by atomic mass is 15.0. The van der Waals surface area contributed by atoms with Gasteiger partial charge in [0.15, 0.2) is 0 Å². The molecule has 2 heteroatoms. The second-order valence-corrected chi connectivity index (χ2v) is 3.93. The van der Waals surface area contributed by atoms with E-state index < -0.39 is 0 Å². The van der Waals surface area contributed by atoms with Crippen LogP contribution in [0.4, 0.5) is 0 Å². The first-order valence-corrected chi connectivity index (χ1v) is 6.64.